The summed E-state index contributed by atoms with van der Waals surface area (Å²) in [5, 5.41) is 0. The highest BCUT2D eigenvalue weighted by Gasteiger charge is 2.24. The van der Waals surface area contributed by atoms with Gasteiger partial charge in [0.2, 0.25) is 0 Å². The molecule has 1 heterocycles. The Morgan fingerprint density at radius 1 is 1.10 bits per heavy atom. The van der Waals surface area contributed by atoms with Gasteiger partial charge in [-0.15, -0.1) is 0 Å². The lowest BCUT2D eigenvalue weighted by Crippen LogP contribution is -2.16. The Balaban J connectivity index is 2.13. The summed E-state index contributed by atoms with van der Waals surface area (Å²) in [4.78, 5) is 0.331. The second-order valence-electron chi connectivity index (χ2n) is 5.25. The fourth-order valence-corrected chi connectivity index (χ4v) is 4.07. The van der Waals surface area contributed by atoms with Crippen molar-refractivity contribution in [2.24, 2.45) is 0 Å². The van der Waals surface area contributed by atoms with Gasteiger partial charge in [-0.3, -0.25) is 0 Å². The summed E-state index contributed by atoms with van der Waals surface area (Å²) in [5.41, 5.74) is 3.93. The number of benzene rings is 1. The molecular formula is C16H17NO2S. The molecule has 20 heavy (non-hydrogen) atoms. The number of fused-ring (bicyclic) bond motifs is 1. The van der Waals surface area contributed by atoms with E-state index in [1.165, 1.54) is 3.97 Å². The number of hydrogen-bond donors (Lipinski definition) is 0. The van der Waals surface area contributed by atoms with E-state index in [9.17, 15) is 8.42 Å². The monoisotopic (exact) mass is 287 g/mol. The van der Waals surface area contributed by atoms with E-state index in [4.69, 9.17) is 0 Å². The minimum Gasteiger partial charge on any atom is -0.245 e. The lowest BCUT2D eigenvalue weighted by molar-refractivity contribution is 0.584. The van der Waals surface area contributed by atoms with Gasteiger partial charge in [0.1, 0.15) is 0 Å². The molecule has 2 aromatic rings. The first-order valence-corrected chi connectivity index (χ1v) is 8.15. The molecule has 0 saturated carbocycles. The summed E-state index contributed by atoms with van der Waals surface area (Å²) in [5.74, 6) is 0. The van der Waals surface area contributed by atoms with Gasteiger partial charge in [-0.25, -0.2) is 12.4 Å². The van der Waals surface area contributed by atoms with Gasteiger partial charge < -0.3 is 0 Å². The second kappa shape index (κ2) is 4.63. The normalized spacial score (nSPS) is 15.2. The SMILES string of the molecule is C=C1CCCc2c1ccn2S(=O)(=O)c1ccc(C)cc1. The Morgan fingerprint density at radius 2 is 1.80 bits per heavy atom. The predicted octanol–water partition coefficient (Wildman–Crippen LogP) is 3.38. The lowest BCUT2D eigenvalue weighted by Gasteiger charge is -2.17. The number of aromatic nitrogens is 1. The van der Waals surface area contributed by atoms with E-state index in [1.807, 2.05) is 25.1 Å². The van der Waals surface area contributed by atoms with E-state index in [1.54, 1.807) is 18.3 Å². The lowest BCUT2D eigenvalue weighted by atomic mass is 9.94. The van der Waals surface area contributed by atoms with Gasteiger partial charge in [-0.1, -0.05) is 24.3 Å². The van der Waals surface area contributed by atoms with Gasteiger partial charge in [0.05, 0.1) is 4.90 Å². The van der Waals surface area contributed by atoms with Crippen molar-refractivity contribution in [2.45, 2.75) is 31.1 Å². The second-order valence-corrected chi connectivity index (χ2v) is 7.06. The molecule has 104 valence electrons. The summed E-state index contributed by atoms with van der Waals surface area (Å²) in [7, 11) is -3.50. The molecule has 1 aromatic heterocycles. The molecule has 0 fully saturated rings. The van der Waals surface area contributed by atoms with Crippen LogP contribution < -0.4 is 0 Å². The highest BCUT2D eigenvalue weighted by Crippen LogP contribution is 2.32. The maximum Gasteiger partial charge on any atom is 0.267 e. The predicted molar refractivity (Wildman–Crippen MR) is 80.2 cm³/mol. The van der Waals surface area contributed by atoms with Crippen molar-refractivity contribution in [3.05, 3.63) is 59.9 Å². The average Bonchev–Trinajstić information content (AvgIpc) is 2.85. The van der Waals surface area contributed by atoms with Crippen LogP contribution in [0.5, 0.6) is 0 Å². The Labute approximate surface area is 119 Å². The summed E-state index contributed by atoms with van der Waals surface area (Å²) < 4.78 is 26.9. The Hall–Kier alpha value is -1.81. The molecule has 0 aliphatic heterocycles. The Bertz CT molecular complexity index is 767. The molecule has 0 N–H and O–H groups in total. The molecule has 1 aliphatic rings. The Kier molecular flexibility index (Phi) is 3.05. The number of aryl methyl sites for hydroxylation is 1. The zero-order chi connectivity index (χ0) is 14.3. The summed E-state index contributed by atoms with van der Waals surface area (Å²) >= 11 is 0. The molecule has 0 unspecified atom stereocenters. The number of allylic oxidation sites excluding steroid dienone is 1. The van der Waals surface area contributed by atoms with Crippen molar-refractivity contribution in [3.8, 4) is 0 Å². The molecule has 0 atom stereocenters. The van der Waals surface area contributed by atoms with Crippen LogP contribution in [0.2, 0.25) is 0 Å². The number of rotatable bonds is 2. The van der Waals surface area contributed by atoms with Gasteiger partial charge in [-0.2, -0.15) is 0 Å². The van der Waals surface area contributed by atoms with Gasteiger partial charge >= 0.3 is 0 Å². The molecule has 0 saturated heterocycles. The first kappa shape index (κ1) is 13.2. The van der Waals surface area contributed by atoms with E-state index in [2.05, 4.69) is 6.58 Å². The maximum absolute atomic E-state index is 12.7. The van der Waals surface area contributed by atoms with Gasteiger partial charge in [0.25, 0.3) is 10.0 Å². The largest absolute Gasteiger partial charge is 0.267 e. The van der Waals surface area contributed by atoms with Crippen LogP contribution in [0.4, 0.5) is 0 Å². The third-order valence-corrected chi connectivity index (χ3v) is 5.53. The molecule has 0 amide bonds. The molecule has 3 rings (SSSR count). The van der Waals surface area contributed by atoms with Gasteiger partial charge in [-0.05, 0) is 55.5 Å². The van der Waals surface area contributed by atoms with Crippen molar-refractivity contribution >= 4 is 15.6 Å². The third-order valence-electron chi connectivity index (χ3n) is 3.80. The smallest absolute Gasteiger partial charge is 0.245 e. The molecule has 1 aromatic carbocycles. The zero-order valence-electron chi connectivity index (χ0n) is 11.5. The summed E-state index contributed by atoms with van der Waals surface area (Å²) in [6.07, 6.45) is 4.34. The first-order valence-electron chi connectivity index (χ1n) is 6.71. The van der Waals surface area contributed by atoms with Crippen molar-refractivity contribution in [1.29, 1.82) is 0 Å². The minimum absolute atomic E-state index is 0.331. The number of nitrogens with zero attached hydrogens (tertiary/aromatic N) is 1. The van der Waals surface area contributed by atoms with E-state index in [-0.39, 0.29) is 0 Å². The van der Waals surface area contributed by atoms with Crippen molar-refractivity contribution in [2.75, 3.05) is 0 Å². The van der Waals surface area contributed by atoms with Crippen LogP contribution in [-0.4, -0.2) is 12.4 Å². The van der Waals surface area contributed by atoms with Crippen molar-refractivity contribution < 1.29 is 8.42 Å². The molecule has 4 heteroatoms. The summed E-state index contributed by atoms with van der Waals surface area (Å²) in [6.45, 7) is 5.97. The van der Waals surface area contributed by atoms with E-state index in [0.29, 0.717) is 4.90 Å². The van der Waals surface area contributed by atoms with Crippen LogP contribution >= 0.6 is 0 Å². The molecule has 0 bridgehead atoms. The highest BCUT2D eigenvalue weighted by atomic mass is 32.2. The number of hydrogen-bond acceptors (Lipinski definition) is 2. The molecule has 3 nitrogen and oxygen atoms in total. The maximum atomic E-state index is 12.7. The van der Waals surface area contributed by atoms with E-state index >= 15 is 0 Å². The van der Waals surface area contributed by atoms with Crippen LogP contribution in [0.3, 0.4) is 0 Å². The van der Waals surface area contributed by atoms with Crippen LogP contribution in [-0.2, 0) is 16.4 Å². The van der Waals surface area contributed by atoms with Crippen LogP contribution in [0.15, 0.2) is 48.0 Å². The summed E-state index contributed by atoms with van der Waals surface area (Å²) in [6, 6.07) is 8.83. The van der Waals surface area contributed by atoms with Crippen LogP contribution in [0.25, 0.3) is 5.57 Å². The van der Waals surface area contributed by atoms with Crippen molar-refractivity contribution in [1.82, 2.24) is 3.97 Å². The fraction of sp³-hybridized carbons (Fsp3) is 0.250. The minimum atomic E-state index is -3.50. The standard InChI is InChI=1S/C16H17NO2S/c1-12-6-8-14(9-7-12)20(18,19)17-11-10-15-13(2)4-3-5-16(15)17/h6-11H,2-5H2,1H3. The molecule has 0 radical (unpaired) electrons. The quantitative estimate of drug-likeness (QED) is 0.849. The van der Waals surface area contributed by atoms with Crippen LogP contribution in [0.1, 0.15) is 29.7 Å². The van der Waals surface area contributed by atoms with Crippen molar-refractivity contribution in [3.63, 3.8) is 0 Å². The van der Waals surface area contributed by atoms with Gasteiger partial charge in [0, 0.05) is 11.9 Å². The average molecular weight is 287 g/mol. The fourth-order valence-electron chi connectivity index (χ4n) is 2.67. The first-order chi connectivity index (χ1) is 9.50. The molecular weight excluding hydrogens is 270 g/mol. The third kappa shape index (κ3) is 2.00. The highest BCUT2D eigenvalue weighted by molar-refractivity contribution is 7.90. The Morgan fingerprint density at radius 3 is 2.50 bits per heavy atom. The van der Waals surface area contributed by atoms with E-state index in [0.717, 1.165) is 41.7 Å². The topological polar surface area (TPSA) is 39.1 Å². The molecule has 1 aliphatic carbocycles. The molecule has 0 spiro atoms. The van der Waals surface area contributed by atoms with Crippen LogP contribution in [0, 0.1) is 6.92 Å². The van der Waals surface area contributed by atoms with Gasteiger partial charge in [0.15, 0.2) is 0 Å². The zero-order valence-corrected chi connectivity index (χ0v) is 12.3. The van der Waals surface area contributed by atoms with E-state index < -0.39 is 10.0 Å².